The molecule has 10 nitrogen and oxygen atoms in total. The van der Waals surface area contributed by atoms with Crippen molar-refractivity contribution in [3.8, 4) is 0 Å². The van der Waals surface area contributed by atoms with Crippen molar-refractivity contribution >= 4 is 30.9 Å². The zero-order valence-corrected chi connectivity index (χ0v) is 19.0. The fourth-order valence-electron chi connectivity index (χ4n) is 2.82. The van der Waals surface area contributed by atoms with Crippen LogP contribution in [-0.2, 0) is 25.4 Å². The lowest BCUT2D eigenvalue weighted by Gasteiger charge is -2.18. The number of hydrogen-bond acceptors (Lipinski definition) is 8. The predicted molar refractivity (Wildman–Crippen MR) is 115 cm³/mol. The van der Waals surface area contributed by atoms with Gasteiger partial charge < -0.3 is 19.8 Å². The summed E-state index contributed by atoms with van der Waals surface area (Å²) >= 11 is 0. The van der Waals surface area contributed by atoms with Crippen LogP contribution in [0.2, 0.25) is 0 Å². The molecule has 2 aromatic heterocycles. The monoisotopic (exact) mass is 439 g/mol. The molecule has 2 atom stereocenters. The number of nitrogens with one attached hydrogen (secondary N) is 1. The minimum Gasteiger partial charge on any atom is -0.464 e. The van der Waals surface area contributed by atoms with Gasteiger partial charge in [0.2, 0.25) is 0 Å². The van der Waals surface area contributed by atoms with Crippen LogP contribution in [0.25, 0.3) is 11.2 Å². The lowest BCUT2D eigenvalue weighted by molar-refractivity contribution is -0.149. The third-order valence-electron chi connectivity index (χ3n) is 4.51. The molecule has 30 heavy (non-hydrogen) atoms. The van der Waals surface area contributed by atoms with Gasteiger partial charge >= 0.3 is 13.9 Å². The molecule has 0 aromatic carbocycles. The average molecular weight is 439 g/mol. The van der Waals surface area contributed by atoms with Crippen LogP contribution in [0.15, 0.2) is 12.7 Å². The molecule has 0 saturated carbocycles. The number of aromatic nitrogens is 4. The van der Waals surface area contributed by atoms with E-state index >= 15 is 0 Å². The molecule has 0 saturated heterocycles. The van der Waals surface area contributed by atoms with Gasteiger partial charge in [-0.15, -0.1) is 0 Å². The summed E-state index contributed by atoms with van der Waals surface area (Å²) in [6.45, 7) is 8.12. The summed E-state index contributed by atoms with van der Waals surface area (Å²) in [7, 11) is -1.95. The van der Waals surface area contributed by atoms with Gasteiger partial charge in [-0.05, 0) is 31.8 Å². The van der Waals surface area contributed by atoms with E-state index in [0.29, 0.717) is 30.1 Å². The van der Waals surface area contributed by atoms with E-state index in [1.165, 1.54) is 6.33 Å². The Labute approximate surface area is 177 Å². The van der Waals surface area contributed by atoms with E-state index in [1.807, 2.05) is 6.92 Å². The molecule has 0 radical (unpaired) electrons. The van der Waals surface area contributed by atoms with Gasteiger partial charge in [-0.3, -0.25) is 0 Å². The molecule has 0 spiro atoms. The van der Waals surface area contributed by atoms with Gasteiger partial charge in [0.25, 0.3) is 6.35 Å². The standard InChI is InChI=1S/C19H32N6O4P/c1-5-6-7-8-9-28-18(26)19(3,4)24-30(27)13-29-14(2)10-25-12-23-15-16(20)21-11-22-17(15)25/h11-12,14H,5-10,13H2,1-4H3,(H,24,27)(H2,20,21,22)/q+1. The van der Waals surface area contributed by atoms with E-state index < -0.39 is 19.5 Å². The molecule has 0 aliphatic carbocycles. The van der Waals surface area contributed by atoms with Gasteiger partial charge in [0.15, 0.2) is 17.0 Å². The lowest BCUT2D eigenvalue weighted by atomic mass is 10.1. The predicted octanol–water partition coefficient (Wildman–Crippen LogP) is 3.01. The Morgan fingerprint density at radius 2 is 2.07 bits per heavy atom. The zero-order valence-electron chi connectivity index (χ0n) is 18.1. The molecule has 2 rings (SSSR count). The Kier molecular flexibility index (Phi) is 9.08. The molecule has 0 bridgehead atoms. The summed E-state index contributed by atoms with van der Waals surface area (Å²) in [6, 6.07) is 0. The van der Waals surface area contributed by atoms with Gasteiger partial charge in [-0.2, -0.15) is 0 Å². The van der Waals surface area contributed by atoms with E-state index in [0.717, 1.165) is 25.7 Å². The van der Waals surface area contributed by atoms with Gasteiger partial charge in [0.05, 0.1) is 25.6 Å². The molecule has 0 amide bonds. The number of carbonyl (C=O) groups excluding carboxylic acids is 1. The number of imidazole rings is 1. The highest BCUT2D eigenvalue weighted by atomic mass is 31.1. The van der Waals surface area contributed by atoms with E-state index in [2.05, 4.69) is 27.0 Å². The largest absolute Gasteiger partial charge is 0.464 e. The highest BCUT2D eigenvalue weighted by Gasteiger charge is 2.37. The summed E-state index contributed by atoms with van der Waals surface area (Å²) in [6.07, 6.45) is 6.82. The highest BCUT2D eigenvalue weighted by Crippen LogP contribution is 2.23. The van der Waals surface area contributed by atoms with Crippen molar-refractivity contribution in [2.24, 2.45) is 0 Å². The van der Waals surface area contributed by atoms with Crippen molar-refractivity contribution in [3.05, 3.63) is 12.7 Å². The van der Waals surface area contributed by atoms with Gasteiger partial charge in [0.1, 0.15) is 11.8 Å². The molecule has 2 aromatic rings. The first-order chi connectivity index (χ1) is 14.2. The van der Waals surface area contributed by atoms with Crippen LogP contribution < -0.4 is 10.8 Å². The summed E-state index contributed by atoms with van der Waals surface area (Å²) in [5.74, 6) is -0.100. The number of carbonyl (C=O) groups is 1. The van der Waals surface area contributed by atoms with Crippen LogP contribution in [0, 0.1) is 0 Å². The quantitative estimate of drug-likeness (QED) is 0.274. The van der Waals surface area contributed by atoms with E-state index in [-0.39, 0.29) is 12.5 Å². The number of esters is 1. The molecule has 11 heteroatoms. The first-order valence-corrected chi connectivity index (χ1v) is 11.6. The number of fused-ring (bicyclic) bond motifs is 1. The molecular weight excluding hydrogens is 407 g/mol. The number of unbranched alkanes of at least 4 members (excludes halogenated alkanes) is 3. The van der Waals surface area contributed by atoms with Crippen molar-refractivity contribution in [3.63, 3.8) is 0 Å². The minimum atomic E-state index is -1.95. The van der Waals surface area contributed by atoms with Gasteiger partial charge in [-0.1, -0.05) is 31.3 Å². The molecule has 3 N–H and O–H groups in total. The van der Waals surface area contributed by atoms with Crippen LogP contribution in [0.5, 0.6) is 0 Å². The van der Waals surface area contributed by atoms with Crippen molar-refractivity contribution in [1.82, 2.24) is 24.6 Å². The molecule has 0 aliphatic rings. The summed E-state index contributed by atoms with van der Waals surface area (Å²) < 4.78 is 25.2. The molecule has 2 heterocycles. The molecular formula is C19H32N6O4P+. The SMILES string of the molecule is CCCCCCOC(=O)C(C)(C)N[P+](=O)COC(C)Cn1cnc2c(N)ncnc21. The number of nitrogen functional groups attached to an aromatic ring is 1. The fourth-order valence-corrected chi connectivity index (χ4v) is 3.99. The maximum atomic E-state index is 12.4. The number of nitrogens with two attached hydrogens (primary N) is 1. The second-order valence-electron chi connectivity index (χ2n) is 7.75. The summed E-state index contributed by atoms with van der Waals surface area (Å²) in [5.41, 5.74) is 5.88. The molecule has 2 unspecified atom stereocenters. The Bertz CT molecular complexity index is 857. The summed E-state index contributed by atoms with van der Waals surface area (Å²) in [4.78, 5) is 24.6. The zero-order chi connectivity index (χ0) is 22.1. The Morgan fingerprint density at radius 3 is 2.80 bits per heavy atom. The topological polar surface area (TPSA) is 134 Å². The summed E-state index contributed by atoms with van der Waals surface area (Å²) in [5, 5.41) is 2.81. The van der Waals surface area contributed by atoms with Gasteiger partial charge in [0, 0.05) is 0 Å². The van der Waals surface area contributed by atoms with E-state index in [9.17, 15) is 9.36 Å². The third-order valence-corrected chi connectivity index (χ3v) is 5.70. The normalized spacial score (nSPS) is 13.4. The Morgan fingerprint density at radius 1 is 1.30 bits per heavy atom. The first-order valence-electron chi connectivity index (χ1n) is 10.2. The highest BCUT2D eigenvalue weighted by molar-refractivity contribution is 7.42. The average Bonchev–Trinajstić information content (AvgIpc) is 3.10. The number of nitrogens with zero attached hydrogens (tertiary/aromatic N) is 4. The van der Waals surface area contributed by atoms with Crippen molar-refractivity contribution in [1.29, 1.82) is 0 Å². The van der Waals surface area contributed by atoms with Gasteiger partial charge in [-0.25, -0.2) is 19.7 Å². The number of hydrogen-bond donors (Lipinski definition) is 2. The number of anilines is 1. The van der Waals surface area contributed by atoms with Crippen molar-refractivity contribution in [2.75, 3.05) is 18.7 Å². The number of ether oxygens (including phenoxy) is 2. The van der Waals surface area contributed by atoms with Crippen LogP contribution in [-0.4, -0.2) is 50.1 Å². The van der Waals surface area contributed by atoms with Crippen LogP contribution in [0.1, 0.15) is 53.4 Å². The molecule has 166 valence electrons. The second kappa shape index (κ2) is 11.3. The maximum absolute atomic E-state index is 12.4. The first kappa shape index (κ1) is 24.1. The van der Waals surface area contributed by atoms with Crippen molar-refractivity contribution < 1.29 is 18.8 Å². The molecule has 0 fully saturated rings. The smallest absolute Gasteiger partial charge is 0.461 e. The van der Waals surface area contributed by atoms with Crippen LogP contribution >= 0.6 is 7.95 Å². The van der Waals surface area contributed by atoms with E-state index in [4.69, 9.17) is 15.2 Å². The van der Waals surface area contributed by atoms with Crippen LogP contribution in [0.4, 0.5) is 5.82 Å². The third kappa shape index (κ3) is 6.97. The second-order valence-corrected chi connectivity index (χ2v) is 8.99. The Balaban J connectivity index is 1.77. The van der Waals surface area contributed by atoms with Crippen molar-refractivity contribution in [2.45, 2.75) is 71.6 Å². The maximum Gasteiger partial charge on any atom is 0.461 e. The van der Waals surface area contributed by atoms with Crippen LogP contribution in [0.3, 0.4) is 0 Å². The number of rotatable bonds is 13. The minimum absolute atomic E-state index is 0.0343. The van der Waals surface area contributed by atoms with E-state index in [1.54, 1.807) is 24.7 Å². The lowest BCUT2D eigenvalue weighted by Crippen LogP contribution is -2.44. The fraction of sp³-hybridized carbons (Fsp3) is 0.684. The molecule has 0 aliphatic heterocycles. The Hall–Kier alpha value is -2.16.